The Balaban J connectivity index is 1.74. The van der Waals surface area contributed by atoms with Gasteiger partial charge in [-0.3, -0.25) is 9.59 Å². The maximum Gasteiger partial charge on any atom is 0.160 e. The fourth-order valence-electron chi connectivity index (χ4n) is 3.82. The average molecular weight is 443 g/mol. The fraction of sp³-hybridized carbons (Fsp3) is 0.462. The van der Waals surface area contributed by atoms with Crippen molar-refractivity contribution in [1.29, 1.82) is 0 Å². The van der Waals surface area contributed by atoms with E-state index in [4.69, 9.17) is 4.74 Å². The Hall–Kier alpha value is -2.86. The van der Waals surface area contributed by atoms with Gasteiger partial charge in [0, 0.05) is 19.4 Å². The predicted molar refractivity (Wildman–Crippen MR) is 123 cm³/mol. The van der Waals surface area contributed by atoms with Gasteiger partial charge in [0.1, 0.15) is 17.3 Å². The van der Waals surface area contributed by atoms with Crippen LogP contribution in [0.4, 0.5) is 0 Å². The molecule has 0 saturated carbocycles. The third-order valence-electron chi connectivity index (χ3n) is 5.65. The highest BCUT2D eigenvalue weighted by atomic mass is 16.5. The van der Waals surface area contributed by atoms with Crippen LogP contribution in [0.5, 0.6) is 17.2 Å². The number of ketones is 2. The van der Waals surface area contributed by atoms with E-state index in [0.29, 0.717) is 18.6 Å². The number of carbonyl (C=O) groups excluding carboxylic acids is 2. The van der Waals surface area contributed by atoms with E-state index in [1.165, 1.54) is 13.2 Å². The van der Waals surface area contributed by atoms with Gasteiger partial charge in [0.05, 0.1) is 13.0 Å². The van der Waals surface area contributed by atoms with Gasteiger partial charge in [-0.15, -0.1) is 0 Å². The van der Waals surface area contributed by atoms with Gasteiger partial charge in [-0.25, -0.2) is 0 Å². The Bertz CT molecular complexity index is 876. The molecule has 0 radical (unpaired) electrons. The lowest BCUT2D eigenvalue weighted by Crippen LogP contribution is -2.25. The highest BCUT2D eigenvalue weighted by molar-refractivity contribution is 6.02. The van der Waals surface area contributed by atoms with E-state index < -0.39 is 5.92 Å². The van der Waals surface area contributed by atoms with E-state index in [9.17, 15) is 24.9 Å². The fourth-order valence-corrected chi connectivity index (χ4v) is 3.82. The van der Waals surface area contributed by atoms with Crippen molar-refractivity contribution in [2.24, 2.45) is 5.92 Å². The summed E-state index contributed by atoms with van der Waals surface area (Å²) >= 11 is 0. The van der Waals surface area contributed by atoms with E-state index in [1.54, 1.807) is 24.3 Å². The van der Waals surface area contributed by atoms with Crippen molar-refractivity contribution in [1.82, 2.24) is 0 Å². The summed E-state index contributed by atoms with van der Waals surface area (Å²) in [6.45, 7) is -0.195. The Morgan fingerprint density at radius 2 is 1.59 bits per heavy atom. The Kier molecular flexibility index (Phi) is 10.7. The van der Waals surface area contributed by atoms with Crippen molar-refractivity contribution in [3.63, 3.8) is 0 Å². The highest BCUT2D eigenvalue weighted by Gasteiger charge is 2.25. The smallest absolute Gasteiger partial charge is 0.160 e. The molecule has 3 N–H and O–H groups in total. The Morgan fingerprint density at radius 1 is 0.875 bits per heavy atom. The predicted octanol–water partition coefficient (Wildman–Crippen LogP) is 4.37. The van der Waals surface area contributed by atoms with Gasteiger partial charge < -0.3 is 20.1 Å². The lowest BCUT2D eigenvalue weighted by atomic mass is 9.89. The summed E-state index contributed by atoms with van der Waals surface area (Å²) in [5, 5.41) is 28.5. The van der Waals surface area contributed by atoms with Gasteiger partial charge >= 0.3 is 0 Å². The van der Waals surface area contributed by atoms with Crippen LogP contribution in [0.1, 0.15) is 56.1 Å². The first-order valence-corrected chi connectivity index (χ1v) is 11.2. The molecule has 0 fully saturated rings. The number of carbonyl (C=O) groups is 2. The number of methoxy groups -OCH3 is 1. The first-order valence-electron chi connectivity index (χ1n) is 11.2. The minimum atomic E-state index is -0.758. The van der Waals surface area contributed by atoms with Crippen molar-refractivity contribution in [2.45, 2.75) is 57.8 Å². The van der Waals surface area contributed by atoms with E-state index in [2.05, 4.69) is 0 Å². The van der Waals surface area contributed by atoms with Crippen molar-refractivity contribution in [3.8, 4) is 17.2 Å². The largest absolute Gasteiger partial charge is 0.508 e. The number of phenolic OH excluding ortho intramolecular Hbond substituents is 2. The lowest BCUT2D eigenvalue weighted by molar-refractivity contribution is -0.133. The zero-order valence-corrected chi connectivity index (χ0v) is 18.8. The van der Waals surface area contributed by atoms with Gasteiger partial charge in [-0.1, -0.05) is 31.0 Å². The molecule has 0 bridgehead atoms. The average Bonchev–Trinajstić information content (AvgIpc) is 2.78. The van der Waals surface area contributed by atoms with Crippen molar-refractivity contribution >= 4 is 11.6 Å². The number of Topliss-reactive ketones (excluding diaryl/α,β-unsaturated/α-hetero) is 2. The van der Waals surface area contributed by atoms with E-state index >= 15 is 0 Å². The van der Waals surface area contributed by atoms with Crippen LogP contribution >= 0.6 is 0 Å². The van der Waals surface area contributed by atoms with Crippen LogP contribution in [0.25, 0.3) is 0 Å². The summed E-state index contributed by atoms with van der Waals surface area (Å²) < 4.78 is 5.09. The number of phenols is 2. The quantitative estimate of drug-likeness (QED) is 0.279. The number of hydrogen-bond donors (Lipinski definition) is 3. The van der Waals surface area contributed by atoms with E-state index in [0.717, 1.165) is 43.2 Å². The van der Waals surface area contributed by atoms with Crippen LogP contribution in [-0.4, -0.2) is 40.6 Å². The van der Waals surface area contributed by atoms with E-state index in [1.807, 2.05) is 12.1 Å². The number of hydrogen-bond acceptors (Lipinski definition) is 6. The Morgan fingerprint density at radius 3 is 2.31 bits per heavy atom. The normalized spacial score (nSPS) is 11.8. The minimum Gasteiger partial charge on any atom is -0.508 e. The molecule has 0 saturated heterocycles. The number of ether oxygens (including phenoxy) is 1. The topological polar surface area (TPSA) is 104 Å². The van der Waals surface area contributed by atoms with Crippen LogP contribution in [-0.2, 0) is 22.4 Å². The van der Waals surface area contributed by atoms with Gasteiger partial charge in [-0.05, 0) is 67.5 Å². The molecule has 6 heteroatoms. The molecule has 2 aromatic carbocycles. The molecule has 0 aromatic heterocycles. The van der Waals surface area contributed by atoms with Crippen molar-refractivity contribution < 1.29 is 29.6 Å². The zero-order valence-electron chi connectivity index (χ0n) is 18.8. The summed E-state index contributed by atoms with van der Waals surface area (Å²) in [5.41, 5.74) is 1.94. The van der Waals surface area contributed by atoms with Gasteiger partial charge in [0.15, 0.2) is 11.5 Å². The first kappa shape index (κ1) is 25.4. The zero-order chi connectivity index (χ0) is 23.3. The lowest BCUT2D eigenvalue weighted by Gasteiger charge is -2.14. The second-order valence-electron chi connectivity index (χ2n) is 8.09. The van der Waals surface area contributed by atoms with Crippen LogP contribution in [0.15, 0.2) is 42.5 Å². The maximum absolute atomic E-state index is 12.7. The summed E-state index contributed by atoms with van der Waals surface area (Å²) in [5.74, 6) is -0.344. The number of rotatable bonds is 15. The summed E-state index contributed by atoms with van der Waals surface area (Å²) in [7, 11) is 1.46. The van der Waals surface area contributed by atoms with Crippen LogP contribution in [0.3, 0.4) is 0 Å². The summed E-state index contributed by atoms with van der Waals surface area (Å²) in [6.07, 6.45) is 5.62. The molecule has 0 aliphatic rings. The third kappa shape index (κ3) is 8.35. The molecular formula is C26H34O6. The molecule has 2 rings (SSSR count). The van der Waals surface area contributed by atoms with Crippen LogP contribution in [0, 0.1) is 5.92 Å². The number of aliphatic hydroxyl groups excluding tert-OH is 1. The number of aliphatic hydroxyl groups is 1. The van der Waals surface area contributed by atoms with Crippen LogP contribution < -0.4 is 4.74 Å². The van der Waals surface area contributed by atoms with Gasteiger partial charge in [-0.2, -0.15) is 0 Å². The van der Waals surface area contributed by atoms with Crippen LogP contribution in [0.2, 0.25) is 0 Å². The minimum absolute atomic E-state index is 0.0397. The van der Waals surface area contributed by atoms with E-state index in [-0.39, 0.29) is 42.5 Å². The molecular weight excluding hydrogens is 408 g/mol. The van der Waals surface area contributed by atoms with Gasteiger partial charge in [0.2, 0.25) is 0 Å². The molecule has 1 atom stereocenters. The number of aromatic hydroxyl groups is 2. The molecule has 0 heterocycles. The highest BCUT2D eigenvalue weighted by Crippen LogP contribution is 2.27. The second-order valence-corrected chi connectivity index (χ2v) is 8.09. The Labute approximate surface area is 189 Å². The molecule has 0 spiro atoms. The molecule has 6 nitrogen and oxygen atoms in total. The third-order valence-corrected chi connectivity index (χ3v) is 5.65. The number of unbranched alkanes of at least 4 members (excludes halogenated alkanes) is 3. The summed E-state index contributed by atoms with van der Waals surface area (Å²) in [4.78, 5) is 25.3. The molecule has 32 heavy (non-hydrogen) atoms. The second kappa shape index (κ2) is 13.5. The molecule has 0 amide bonds. The monoisotopic (exact) mass is 442 g/mol. The molecule has 0 aliphatic heterocycles. The first-order chi connectivity index (χ1) is 15.4. The standard InChI is InChI=1S/C26H34O6/c1-32-26-18-20(12-14-25(26)31)11-13-24(30)22(15-16-27)23(29)10-5-3-2-4-7-19-8-6-9-21(28)17-19/h6,8-9,12,14,17-18,22,27-28,31H,2-5,7,10-11,13,15-16H2,1H3/t22-/m0/s1. The number of aryl methyl sites for hydroxylation is 2. The van der Waals surface area contributed by atoms with Crippen molar-refractivity contribution in [2.75, 3.05) is 13.7 Å². The van der Waals surface area contributed by atoms with Crippen molar-refractivity contribution in [3.05, 3.63) is 53.6 Å². The summed E-state index contributed by atoms with van der Waals surface area (Å²) in [6, 6.07) is 12.2. The van der Waals surface area contributed by atoms with Gasteiger partial charge in [0.25, 0.3) is 0 Å². The maximum atomic E-state index is 12.7. The molecule has 174 valence electrons. The molecule has 0 aliphatic carbocycles. The number of benzene rings is 2. The molecule has 2 aromatic rings. The molecule has 0 unspecified atom stereocenters. The SMILES string of the molecule is COc1cc(CCC(=O)[C@@H](CCO)C(=O)CCCCCCc2cccc(O)c2)ccc1O.